The van der Waals surface area contributed by atoms with Gasteiger partial charge in [-0.2, -0.15) is 0 Å². The number of rotatable bonds is 5. The Hall–Kier alpha value is -3.59. The smallest absolute Gasteiger partial charge is 0.276 e. The van der Waals surface area contributed by atoms with E-state index < -0.39 is 0 Å². The number of aromatic nitrogens is 6. The van der Waals surface area contributed by atoms with Crippen molar-refractivity contribution >= 4 is 38.5 Å². The molecule has 2 N–H and O–H groups in total. The highest BCUT2D eigenvalue weighted by Gasteiger charge is 2.14. The Labute approximate surface area is 163 Å². The molecular formula is C19H15N7OS. The van der Waals surface area contributed by atoms with Gasteiger partial charge >= 0.3 is 0 Å². The molecule has 0 amide bonds. The number of aromatic amines is 1. The number of thiophene rings is 1. The van der Waals surface area contributed by atoms with Crippen molar-refractivity contribution in [3.8, 4) is 5.69 Å². The van der Waals surface area contributed by atoms with Crippen LogP contribution in [-0.4, -0.2) is 36.0 Å². The Morgan fingerprint density at radius 3 is 2.89 bits per heavy atom. The highest BCUT2D eigenvalue weighted by atomic mass is 32.1. The maximum atomic E-state index is 13.1. The van der Waals surface area contributed by atoms with Crippen LogP contribution in [0.15, 0.2) is 59.2 Å². The van der Waals surface area contributed by atoms with Crippen LogP contribution < -0.4 is 10.9 Å². The normalized spacial score (nSPS) is 11.3. The maximum absolute atomic E-state index is 13.1. The van der Waals surface area contributed by atoms with Crippen LogP contribution in [0.25, 0.3) is 27.1 Å². The van der Waals surface area contributed by atoms with Crippen LogP contribution in [0.3, 0.4) is 0 Å². The van der Waals surface area contributed by atoms with Gasteiger partial charge in [0, 0.05) is 13.0 Å². The van der Waals surface area contributed by atoms with E-state index in [1.165, 1.54) is 17.7 Å². The molecule has 138 valence electrons. The molecule has 5 rings (SSSR count). The average molecular weight is 389 g/mol. The summed E-state index contributed by atoms with van der Waals surface area (Å²) in [5.74, 6) is 1.37. The van der Waals surface area contributed by atoms with Gasteiger partial charge in [-0.3, -0.25) is 9.36 Å². The highest BCUT2D eigenvalue weighted by Crippen LogP contribution is 2.18. The van der Waals surface area contributed by atoms with Crippen LogP contribution in [0.2, 0.25) is 0 Å². The van der Waals surface area contributed by atoms with E-state index in [-0.39, 0.29) is 5.56 Å². The van der Waals surface area contributed by atoms with E-state index in [1.54, 1.807) is 10.9 Å². The van der Waals surface area contributed by atoms with Crippen molar-refractivity contribution < 1.29 is 0 Å². The summed E-state index contributed by atoms with van der Waals surface area (Å²) < 4.78 is 2.35. The van der Waals surface area contributed by atoms with Gasteiger partial charge in [0.2, 0.25) is 0 Å². The van der Waals surface area contributed by atoms with Crippen LogP contribution in [0.4, 0.5) is 5.82 Å². The fourth-order valence-electron chi connectivity index (χ4n) is 3.16. The molecule has 5 aromatic rings. The molecule has 0 aliphatic heterocycles. The highest BCUT2D eigenvalue weighted by molar-refractivity contribution is 7.17. The fourth-order valence-corrected chi connectivity index (χ4v) is 3.92. The van der Waals surface area contributed by atoms with Gasteiger partial charge in [0.1, 0.15) is 22.4 Å². The first kappa shape index (κ1) is 16.6. The maximum Gasteiger partial charge on any atom is 0.276 e. The Morgan fingerprint density at radius 2 is 2.00 bits per heavy atom. The van der Waals surface area contributed by atoms with Gasteiger partial charge in [0.05, 0.1) is 17.5 Å². The van der Waals surface area contributed by atoms with E-state index in [1.807, 2.05) is 41.8 Å². The van der Waals surface area contributed by atoms with E-state index in [0.29, 0.717) is 35.0 Å². The van der Waals surface area contributed by atoms with Crippen molar-refractivity contribution in [2.75, 3.05) is 11.9 Å². The number of para-hydroxylation sites is 1. The topological polar surface area (TPSA) is 101 Å². The molecule has 4 aromatic heterocycles. The van der Waals surface area contributed by atoms with Crippen LogP contribution >= 0.6 is 11.3 Å². The summed E-state index contributed by atoms with van der Waals surface area (Å²) in [7, 11) is 0. The van der Waals surface area contributed by atoms with Gasteiger partial charge < -0.3 is 10.3 Å². The molecule has 0 atom stereocenters. The summed E-state index contributed by atoms with van der Waals surface area (Å²) in [6, 6.07) is 11.5. The molecule has 28 heavy (non-hydrogen) atoms. The molecular weight excluding hydrogens is 374 g/mol. The summed E-state index contributed by atoms with van der Waals surface area (Å²) in [6.45, 7) is 0.556. The third-order valence-corrected chi connectivity index (χ3v) is 5.32. The summed E-state index contributed by atoms with van der Waals surface area (Å²) in [5.41, 5.74) is 2.86. The SMILES string of the molecule is O=c1c2sccc2nc(CCNc2ncnc3nc[nH]c23)n1-c1ccccc1. The average Bonchev–Trinajstić information content (AvgIpc) is 3.38. The van der Waals surface area contributed by atoms with Gasteiger partial charge in [-0.05, 0) is 23.6 Å². The standard InChI is InChI=1S/C19H15N7OS/c27-19-16-13(7-9-28-16)25-14(26(19)12-4-2-1-3-5-12)6-8-20-17-15-18(22-10-21-15)24-11-23-17/h1-5,7,9-11H,6,8H2,(H2,20,21,22,23,24). The Kier molecular flexibility index (Phi) is 4.06. The second-order valence-corrected chi connectivity index (χ2v) is 7.06. The Morgan fingerprint density at radius 1 is 1.11 bits per heavy atom. The minimum atomic E-state index is -0.0424. The van der Waals surface area contributed by atoms with Gasteiger partial charge in [0.25, 0.3) is 5.56 Å². The van der Waals surface area contributed by atoms with Crippen LogP contribution in [-0.2, 0) is 6.42 Å². The number of anilines is 1. The third-order valence-electron chi connectivity index (χ3n) is 4.43. The van der Waals surface area contributed by atoms with Crippen molar-refractivity contribution in [1.82, 2.24) is 29.5 Å². The molecule has 0 unspecified atom stereocenters. The van der Waals surface area contributed by atoms with E-state index in [0.717, 1.165) is 16.7 Å². The zero-order valence-electron chi connectivity index (χ0n) is 14.7. The zero-order chi connectivity index (χ0) is 18.9. The fraction of sp³-hybridized carbons (Fsp3) is 0.105. The molecule has 0 saturated carbocycles. The van der Waals surface area contributed by atoms with Gasteiger partial charge in [0.15, 0.2) is 11.5 Å². The number of hydrogen-bond acceptors (Lipinski definition) is 7. The number of nitrogens with one attached hydrogen (secondary N) is 2. The lowest BCUT2D eigenvalue weighted by molar-refractivity contribution is 0.811. The molecule has 0 fully saturated rings. The number of benzene rings is 1. The largest absolute Gasteiger partial charge is 0.368 e. The Bertz CT molecular complexity index is 1320. The molecule has 8 nitrogen and oxygen atoms in total. The van der Waals surface area contributed by atoms with Crippen molar-refractivity contribution in [2.45, 2.75) is 6.42 Å². The first-order chi connectivity index (χ1) is 13.8. The van der Waals surface area contributed by atoms with Crippen molar-refractivity contribution in [1.29, 1.82) is 0 Å². The minimum absolute atomic E-state index is 0.0424. The van der Waals surface area contributed by atoms with Crippen LogP contribution in [0.1, 0.15) is 5.82 Å². The second kappa shape index (κ2) is 6.86. The summed E-state index contributed by atoms with van der Waals surface area (Å²) >= 11 is 1.42. The van der Waals surface area contributed by atoms with Gasteiger partial charge in [-0.1, -0.05) is 18.2 Å². The number of H-pyrrole nitrogens is 1. The van der Waals surface area contributed by atoms with Crippen LogP contribution in [0, 0.1) is 0 Å². The number of fused-ring (bicyclic) bond motifs is 2. The van der Waals surface area contributed by atoms with Crippen molar-refractivity contribution in [3.05, 3.63) is 70.6 Å². The zero-order valence-corrected chi connectivity index (χ0v) is 15.5. The summed E-state index contributed by atoms with van der Waals surface area (Å²) in [4.78, 5) is 33.4. The second-order valence-electron chi connectivity index (χ2n) is 6.14. The lowest BCUT2D eigenvalue weighted by atomic mass is 10.2. The lowest BCUT2D eigenvalue weighted by Gasteiger charge is -2.13. The first-order valence-electron chi connectivity index (χ1n) is 8.74. The quantitative estimate of drug-likeness (QED) is 0.479. The predicted octanol–water partition coefficient (Wildman–Crippen LogP) is 2.77. The molecule has 0 saturated heterocycles. The molecule has 9 heteroatoms. The van der Waals surface area contributed by atoms with Gasteiger partial charge in [-0.15, -0.1) is 11.3 Å². The lowest BCUT2D eigenvalue weighted by Crippen LogP contribution is -2.24. The molecule has 0 spiro atoms. The summed E-state index contributed by atoms with van der Waals surface area (Å²) in [5, 5.41) is 5.18. The molecule has 4 heterocycles. The molecule has 1 aromatic carbocycles. The monoisotopic (exact) mass is 389 g/mol. The van der Waals surface area contributed by atoms with Crippen molar-refractivity contribution in [3.63, 3.8) is 0 Å². The predicted molar refractivity (Wildman–Crippen MR) is 109 cm³/mol. The third kappa shape index (κ3) is 2.81. The summed E-state index contributed by atoms with van der Waals surface area (Å²) in [6.07, 6.45) is 3.61. The minimum Gasteiger partial charge on any atom is -0.368 e. The number of nitrogens with zero attached hydrogens (tertiary/aromatic N) is 5. The molecule has 0 radical (unpaired) electrons. The van der Waals surface area contributed by atoms with E-state index in [2.05, 4.69) is 25.3 Å². The number of imidazole rings is 1. The number of hydrogen-bond donors (Lipinski definition) is 2. The van der Waals surface area contributed by atoms with E-state index >= 15 is 0 Å². The van der Waals surface area contributed by atoms with E-state index in [4.69, 9.17) is 4.98 Å². The van der Waals surface area contributed by atoms with Gasteiger partial charge in [-0.25, -0.2) is 19.9 Å². The van der Waals surface area contributed by atoms with Crippen LogP contribution in [0.5, 0.6) is 0 Å². The first-order valence-corrected chi connectivity index (χ1v) is 9.62. The molecule has 0 bridgehead atoms. The van der Waals surface area contributed by atoms with E-state index in [9.17, 15) is 4.79 Å². The molecule has 0 aliphatic carbocycles. The Balaban J connectivity index is 1.50. The van der Waals surface area contributed by atoms with Crippen molar-refractivity contribution in [2.24, 2.45) is 0 Å². The molecule has 0 aliphatic rings.